The molecule has 80 valence electrons. The third-order valence-corrected chi connectivity index (χ3v) is 3.21. The van der Waals surface area contributed by atoms with E-state index in [1.54, 1.807) is 18.2 Å². The Morgan fingerprint density at radius 3 is 2.80 bits per heavy atom. The predicted octanol–water partition coefficient (Wildman–Crippen LogP) is 2.28. The zero-order valence-corrected chi connectivity index (χ0v) is 9.70. The van der Waals surface area contributed by atoms with E-state index in [1.165, 1.54) is 0 Å². The highest BCUT2D eigenvalue weighted by atomic mass is 35.7. The van der Waals surface area contributed by atoms with E-state index >= 15 is 0 Å². The second-order valence-electron chi connectivity index (χ2n) is 3.07. The molecule has 1 N–H and O–H groups in total. The molecule has 0 atom stereocenters. The summed E-state index contributed by atoms with van der Waals surface area (Å²) in [6, 6.07) is 5.00. The Labute approximate surface area is 95.6 Å². The van der Waals surface area contributed by atoms with Gasteiger partial charge in [-0.05, 0) is 17.7 Å². The molecule has 1 aromatic heterocycles. The molecule has 1 heterocycles. The van der Waals surface area contributed by atoms with E-state index in [0.717, 1.165) is 5.39 Å². The van der Waals surface area contributed by atoms with E-state index < -0.39 is 9.05 Å². The summed E-state index contributed by atoms with van der Waals surface area (Å²) in [5.41, 5.74) is 1.21. The molecule has 0 bridgehead atoms. The first kappa shape index (κ1) is 10.7. The monoisotopic (exact) mass is 264 g/mol. The number of hydrogen-bond acceptors (Lipinski definition) is 3. The lowest BCUT2D eigenvalue weighted by atomic mass is 10.2. The van der Waals surface area contributed by atoms with Gasteiger partial charge >= 0.3 is 0 Å². The summed E-state index contributed by atoms with van der Waals surface area (Å²) in [7, 11) is 1.60. The number of nitrogens with one attached hydrogen (secondary N) is 1. The van der Waals surface area contributed by atoms with Gasteiger partial charge in [-0.25, -0.2) is 8.42 Å². The van der Waals surface area contributed by atoms with Crippen molar-refractivity contribution in [2.75, 3.05) is 0 Å². The average Bonchev–Trinajstić information content (AvgIpc) is 2.45. The van der Waals surface area contributed by atoms with Crippen LogP contribution in [0.5, 0.6) is 0 Å². The molecule has 0 unspecified atom stereocenters. The smallest absolute Gasteiger partial charge is 0.236 e. The standard InChI is InChI=1S/C8H6Cl2N2O2S/c9-8-6-2-1-5(4-15(10,13)14)3-7(6)11-12-8/h1-3H,4H2,(H,11,12). The van der Waals surface area contributed by atoms with Crippen LogP contribution < -0.4 is 0 Å². The van der Waals surface area contributed by atoms with Crippen molar-refractivity contribution in [3.05, 3.63) is 28.9 Å². The van der Waals surface area contributed by atoms with E-state index in [0.29, 0.717) is 16.2 Å². The average molecular weight is 265 g/mol. The Kier molecular flexibility index (Phi) is 2.62. The zero-order chi connectivity index (χ0) is 11.1. The van der Waals surface area contributed by atoms with E-state index in [9.17, 15) is 8.42 Å². The number of benzene rings is 1. The molecule has 0 radical (unpaired) electrons. The summed E-state index contributed by atoms with van der Waals surface area (Å²) in [5.74, 6) is -0.213. The molecule has 4 nitrogen and oxygen atoms in total. The number of hydrogen-bond donors (Lipinski definition) is 1. The predicted molar refractivity (Wildman–Crippen MR) is 59.6 cm³/mol. The van der Waals surface area contributed by atoms with Crippen LogP contribution in [0.2, 0.25) is 5.15 Å². The number of aromatic nitrogens is 2. The lowest BCUT2D eigenvalue weighted by Crippen LogP contribution is -1.94. The lowest BCUT2D eigenvalue weighted by Gasteiger charge is -1.97. The largest absolute Gasteiger partial charge is 0.266 e. The van der Waals surface area contributed by atoms with Crippen LogP contribution >= 0.6 is 22.3 Å². The highest BCUT2D eigenvalue weighted by Crippen LogP contribution is 2.22. The van der Waals surface area contributed by atoms with Crippen molar-refractivity contribution < 1.29 is 8.42 Å². The van der Waals surface area contributed by atoms with Crippen molar-refractivity contribution in [1.29, 1.82) is 0 Å². The molecule has 0 fully saturated rings. The summed E-state index contributed by atoms with van der Waals surface area (Å²) >= 11 is 5.80. The van der Waals surface area contributed by atoms with Crippen LogP contribution in [0.25, 0.3) is 10.9 Å². The topological polar surface area (TPSA) is 62.8 Å². The molecule has 2 aromatic rings. The highest BCUT2D eigenvalue weighted by molar-refractivity contribution is 8.13. The number of halogens is 2. The van der Waals surface area contributed by atoms with Gasteiger partial charge in [0, 0.05) is 16.1 Å². The van der Waals surface area contributed by atoms with Crippen molar-refractivity contribution >= 4 is 42.2 Å². The van der Waals surface area contributed by atoms with E-state index in [1.807, 2.05) is 0 Å². The minimum Gasteiger partial charge on any atom is -0.266 e. The fraction of sp³-hybridized carbons (Fsp3) is 0.125. The zero-order valence-electron chi connectivity index (χ0n) is 7.37. The van der Waals surface area contributed by atoms with Gasteiger partial charge in [-0.3, -0.25) is 5.10 Å². The maximum atomic E-state index is 10.9. The quantitative estimate of drug-likeness (QED) is 0.847. The second-order valence-corrected chi connectivity index (χ2v) is 6.23. The van der Waals surface area contributed by atoms with Gasteiger partial charge in [0.25, 0.3) is 0 Å². The molecule has 0 saturated heterocycles. The highest BCUT2D eigenvalue weighted by Gasteiger charge is 2.09. The number of aromatic amines is 1. The van der Waals surface area contributed by atoms with Gasteiger partial charge in [-0.2, -0.15) is 5.10 Å². The Balaban J connectivity index is 2.48. The molecule has 0 aliphatic heterocycles. The SMILES string of the molecule is O=S(=O)(Cl)Cc1ccc2c(Cl)[nH]nc2c1. The number of rotatable bonds is 2. The normalized spacial score (nSPS) is 12.1. The van der Waals surface area contributed by atoms with Crippen LogP contribution in [0, 0.1) is 0 Å². The third kappa shape index (κ3) is 2.42. The minimum absolute atomic E-state index is 0.213. The molecular weight excluding hydrogens is 259 g/mol. The Morgan fingerprint density at radius 1 is 1.40 bits per heavy atom. The summed E-state index contributed by atoms with van der Waals surface area (Å²) in [5, 5.41) is 7.71. The summed E-state index contributed by atoms with van der Waals surface area (Å²) in [4.78, 5) is 0. The van der Waals surface area contributed by atoms with Gasteiger partial charge in [0.15, 0.2) is 0 Å². The van der Waals surface area contributed by atoms with Crippen LogP contribution in [0.4, 0.5) is 0 Å². The van der Waals surface area contributed by atoms with Gasteiger partial charge < -0.3 is 0 Å². The Bertz CT molecular complexity index is 606. The summed E-state index contributed by atoms with van der Waals surface area (Å²) in [6.07, 6.45) is 0. The molecule has 1 aromatic carbocycles. The van der Waals surface area contributed by atoms with Crippen LogP contribution in [-0.2, 0) is 14.8 Å². The maximum absolute atomic E-state index is 10.9. The van der Waals surface area contributed by atoms with E-state index in [2.05, 4.69) is 10.2 Å². The van der Waals surface area contributed by atoms with Crippen LogP contribution in [0.15, 0.2) is 18.2 Å². The second kappa shape index (κ2) is 3.66. The molecule has 0 saturated carbocycles. The number of fused-ring (bicyclic) bond motifs is 1. The first-order chi connectivity index (χ1) is 6.96. The maximum Gasteiger partial charge on any atom is 0.236 e. The van der Waals surface area contributed by atoms with Gasteiger partial charge in [-0.1, -0.05) is 17.7 Å². The van der Waals surface area contributed by atoms with Crippen molar-refractivity contribution in [1.82, 2.24) is 10.2 Å². The molecule has 0 aliphatic carbocycles. The van der Waals surface area contributed by atoms with Gasteiger partial charge in [0.2, 0.25) is 9.05 Å². The molecule has 15 heavy (non-hydrogen) atoms. The van der Waals surface area contributed by atoms with Crippen molar-refractivity contribution in [2.24, 2.45) is 0 Å². The first-order valence-corrected chi connectivity index (χ1v) is 6.86. The van der Waals surface area contributed by atoms with E-state index in [-0.39, 0.29) is 5.75 Å². The fourth-order valence-corrected chi connectivity index (χ4v) is 2.47. The first-order valence-electron chi connectivity index (χ1n) is 4.00. The van der Waals surface area contributed by atoms with Gasteiger partial charge in [0.1, 0.15) is 5.15 Å². The molecule has 7 heteroatoms. The molecule has 0 aliphatic rings. The van der Waals surface area contributed by atoms with Gasteiger partial charge in [0.05, 0.1) is 11.3 Å². The number of nitrogens with zero attached hydrogens (tertiary/aromatic N) is 1. The fourth-order valence-electron chi connectivity index (χ4n) is 1.31. The minimum atomic E-state index is -3.54. The van der Waals surface area contributed by atoms with E-state index in [4.69, 9.17) is 22.3 Å². The van der Waals surface area contributed by atoms with Crippen molar-refractivity contribution in [2.45, 2.75) is 5.75 Å². The van der Waals surface area contributed by atoms with Crippen molar-refractivity contribution in [3.63, 3.8) is 0 Å². The number of H-pyrrole nitrogens is 1. The third-order valence-electron chi connectivity index (χ3n) is 1.91. The summed E-state index contributed by atoms with van der Waals surface area (Å²) < 4.78 is 21.7. The van der Waals surface area contributed by atoms with Crippen LogP contribution in [-0.4, -0.2) is 18.6 Å². The van der Waals surface area contributed by atoms with Crippen LogP contribution in [0.3, 0.4) is 0 Å². The van der Waals surface area contributed by atoms with Crippen LogP contribution in [0.1, 0.15) is 5.56 Å². The Morgan fingerprint density at radius 2 is 2.13 bits per heavy atom. The molecule has 2 rings (SSSR count). The molecule has 0 amide bonds. The molecule has 0 spiro atoms. The van der Waals surface area contributed by atoms with Crippen molar-refractivity contribution in [3.8, 4) is 0 Å². The summed E-state index contributed by atoms with van der Waals surface area (Å²) in [6.45, 7) is 0. The van der Waals surface area contributed by atoms with Gasteiger partial charge in [-0.15, -0.1) is 0 Å². The lowest BCUT2D eigenvalue weighted by molar-refractivity contribution is 0.609. The Hall–Kier alpha value is -0.780. The molecular formula is C8H6Cl2N2O2S.